The number of halogens is 5. The van der Waals surface area contributed by atoms with Gasteiger partial charge in [-0.3, -0.25) is 0 Å². The smallest absolute Gasteiger partial charge is 0.329 e. The first-order chi connectivity index (χ1) is 8.36. The Kier molecular flexibility index (Phi) is 3.79. The first-order valence-corrected chi connectivity index (χ1v) is 6.48. The Bertz CT molecular complexity index is 572. The Morgan fingerprint density at radius 2 is 2.00 bits per heavy atom. The zero-order valence-electron chi connectivity index (χ0n) is 8.42. The summed E-state index contributed by atoms with van der Waals surface area (Å²) in [7, 11) is 0. The van der Waals surface area contributed by atoms with Crippen LogP contribution in [0.2, 0.25) is 5.02 Å². The largest absolute Gasteiger partial charge is 0.416 e. The SMILES string of the molecule is FC(F)(F)c1ccc(Cl)c(Nc2nnc(Br)s2)c1. The third kappa shape index (κ3) is 3.12. The van der Waals surface area contributed by atoms with Crippen LogP contribution in [0.1, 0.15) is 5.56 Å². The summed E-state index contributed by atoms with van der Waals surface area (Å²) in [5.74, 6) is 0. The monoisotopic (exact) mass is 357 g/mol. The molecule has 0 spiro atoms. The van der Waals surface area contributed by atoms with Crippen molar-refractivity contribution < 1.29 is 13.2 Å². The zero-order valence-corrected chi connectivity index (χ0v) is 11.6. The van der Waals surface area contributed by atoms with Gasteiger partial charge in [-0.2, -0.15) is 13.2 Å². The van der Waals surface area contributed by atoms with Crippen LogP contribution in [0, 0.1) is 0 Å². The van der Waals surface area contributed by atoms with Crippen LogP contribution in [0.4, 0.5) is 24.0 Å². The number of rotatable bonds is 2. The molecule has 1 aromatic carbocycles. The van der Waals surface area contributed by atoms with Gasteiger partial charge < -0.3 is 5.32 Å². The molecule has 1 heterocycles. The second kappa shape index (κ2) is 5.02. The molecule has 0 aliphatic heterocycles. The minimum atomic E-state index is -4.41. The van der Waals surface area contributed by atoms with Crippen LogP contribution in [0.5, 0.6) is 0 Å². The highest BCUT2D eigenvalue weighted by atomic mass is 79.9. The summed E-state index contributed by atoms with van der Waals surface area (Å²) in [6.07, 6.45) is -4.41. The van der Waals surface area contributed by atoms with Gasteiger partial charge in [0.05, 0.1) is 16.3 Å². The van der Waals surface area contributed by atoms with Crippen LogP contribution in [-0.4, -0.2) is 10.2 Å². The lowest BCUT2D eigenvalue weighted by atomic mass is 10.2. The summed E-state index contributed by atoms with van der Waals surface area (Å²) in [4.78, 5) is 0. The minimum Gasteiger partial charge on any atom is -0.329 e. The number of anilines is 2. The van der Waals surface area contributed by atoms with Gasteiger partial charge in [-0.05, 0) is 34.1 Å². The molecule has 0 aliphatic rings. The molecule has 0 saturated heterocycles. The van der Waals surface area contributed by atoms with E-state index in [-0.39, 0.29) is 10.7 Å². The molecule has 0 atom stereocenters. The van der Waals surface area contributed by atoms with Gasteiger partial charge in [-0.1, -0.05) is 22.9 Å². The number of nitrogens with zero attached hydrogens (tertiary/aromatic N) is 2. The maximum Gasteiger partial charge on any atom is 0.416 e. The fraction of sp³-hybridized carbons (Fsp3) is 0.111. The molecule has 1 aromatic heterocycles. The van der Waals surface area contributed by atoms with E-state index in [0.29, 0.717) is 9.05 Å². The summed E-state index contributed by atoms with van der Waals surface area (Å²) < 4.78 is 38.1. The Labute approximate surface area is 117 Å². The molecular formula is C9H4BrClF3N3S. The number of hydrogen-bond acceptors (Lipinski definition) is 4. The molecule has 9 heteroatoms. The van der Waals surface area contributed by atoms with Crippen molar-refractivity contribution in [1.82, 2.24) is 10.2 Å². The van der Waals surface area contributed by atoms with Gasteiger partial charge in [0.1, 0.15) is 0 Å². The van der Waals surface area contributed by atoms with E-state index in [4.69, 9.17) is 11.6 Å². The van der Waals surface area contributed by atoms with Crippen molar-refractivity contribution in [2.45, 2.75) is 6.18 Å². The fourth-order valence-corrected chi connectivity index (χ4v) is 2.36. The number of aromatic nitrogens is 2. The highest BCUT2D eigenvalue weighted by Gasteiger charge is 2.31. The van der Waals surface area contributed by atoms with E-state index in [1.165, 1.54) is 6.07 Å². The van der Waals surface area contributed by atoms with Crippen molar-refractivity contribution >= 4 is 49.7 Å². The summed E-state index contributed by atoms with van der Waals surface area (Å²) in [6.45, 7) is 0. The Morgan fingerprint density at radius 1 is 1.28 bits per heavy atom. The molecule has 96 valence electrons. The van der Waals surface area contributed by atoms with Crippen molar-refractivity contribution in [3.05, 3.63) is 32.7 Å². The minimum absolute atomic E-state index is 0.134. The summed E-state index contributed by atoms with van der Waals surface area (Å²) in [6, 6.07) is 3.03. The average molecular weight is 359 g/mol. The first-order valence-electron chi connectivity index (χ1n) is 4.49. The van der Waals surface area contributed by atoms with Crippen molar-refractivity contribution in [2.24, 2.45) is 0 Å². The maximum absolute atomic E-state index is 12.5. The van der Waals surface area contributed by atoms with Gasteiger partial charge in [-0.25, -0.2) is 0 Å². The fourth-order valence-electron chi connectivity index (χ4n) is 1.17. The number of nitrogens with one attached hydrogen (secondary N) is 1. The van der Waals surface area contributed by atoms with Gasteiger partial charge in [-0.15, -0.1) is 10.2 Å². The van der Waals surface area contributed by atoms with E-state index in [1.54, 1.807) is 0 Å². The highest BCUT2D eigenvalue weighted by Crippen LogP contribution is 2.35. The van der Waals surface area contributed by atoms with Gasteiger partial charge in [0.2, 0.25) is 5.13 Å². The molecule has 0 saturated carbocycles. The predicted octanol–water partition coefficient (Wildman–Crippen LogP) is 4.72. The van der Waals surface area contributed by atoms with E-state index in [0.717, 1.165) is 23.5 Å². The Morgan fingerprint density at radius 3 is 2.56 bits per heavy atom. The quantitative estimate of drug-likeness (QED) is 0.844. The van der Waals surface area contributed by atoms with Crippen LogP contribution in [0.15, 0.2) is 22.1 Å². The predicted molar refractivity (Wildman–Crippen MR) is 67.3 cm³/mol. The summed E-state index contributed by atoms with van der Waals surface area (Å²) >= 11 is 10.1. The van der Waals surface area contributed by atoms with Gasteiger partial charge >= 0.3 is 6.18 Å². The van der Waals surface area contributed by atoms with Crippen molar-refractivity contribution in [1.29, 1.82) is 0 Å². The molecule has 0 amide bonds. The number of hydrogen-bond donors (Lipinski definition) is 1. The van der Waals surface area contributed by atoms with Crippen LogP contribution >= 0.6 is 38.9 Å². The van der Waals surface area contributed by atoms with E-state index in [2.05, 4.69) is 31.4 Å². The lowest BCUT2D eigenvalue weighted by Crippen LogP contribution is -2.05. The molecule has 0 aliphatic carbocycles. The third-order valence-corrected chi connectivity index (χ3v) is 3.54. The Balaban J connectivity index is 2.32. The first kappa shape index (κ1) is 13.6. The second-order valence-corrected chi connectivity index (χ2v) is 5.84. The number of alkyl halides is 3. The molecule has 1 N–H and O–H groups in total. The van der Waals surface area contributed by atoms with E-state index in [1.807, 2.05) is 0 Å². The maximum atomic E-state index is 12.5. The van der Waals surface area contributed by atoms with E-state index >= 15 is 0 Å². The van der Waals surface area contributed by atoms with Crippen molar-refractivity contribution in [3.63, 3.8) is 0 Å². The Hall–Kier alpha value is -0.860. The van der Waals surface area contributed by atoms with Crippen LogP contribution in [0.25, 0.3) is 0 Å². The van der Waals surface area contributed by atoms with E-state index in [9.17, 15) is 13.2 Å². The van der Waals surface area contributed by atoms with Crippen LogP contribution in [0.3, 0.4) is 0 Å². The number of benzene rings is 1. The standard InChI is InChI=1S/C9H4BrClF3N3S/c10-7-16-17-8(18-7)15-6-3-4(9(12,13)14)1-2-5(6)11/h1-3H,(H,15,17). The molecule has 0 fully saturated rings. The molecule has 3 nitrogen and oxygen atoms in total. The summed E-state index contributed by atoms with van der Waals surface area (Å²) in [5, 5.41) is 10.6. The van der Waals surface area contributed by atoms with Gasteiger partial charge in [0.25, 0.3) is 0 Å². The van der Waals surface area contributed by atoms with Crippen LogP contribution in [-0.2, 0) is 6.18 Å². The average Bonchev–Trinajstić information content (AvgIpc) is 2.66. The van der Waals surface area contributed by atoms with Gasteiger partial charge in [0.15, 0.2) is 3.92 Å². The van der Waals surface area contributed by atoms with Gasteiger partial charge in [0, 0.05) is 0 Å². The molecule has 0 radical (unpaired) electrons. The van der Waals surface area contributed by atoms with E-state index < -0.39 is 11.7 Å². The van der Waals surface area contributed by atoms with Crippen LogP contribution < -0.4 is 5.32 Å². The molecule has 0 unspecified atom stereocenters. The second-order valence-electron chi connectivity index (χ2n) is 3.18. The molecule has 0 bridgehead atoms. The lowest BCUT2D eigenvalue weighted by Gasteiger charge is -2.10. The molecule has 2 rings (SSSR count). The van der Waals surface area contributed by atoms with Crippen molar-refractivity contribution in [3.8, 4) is 0 Å². The normalized spacial score (nSPS) is 11.6. The molecule has 18 heavy (non-hydrogen) atoms. The zero-order chi connectivity index (χ0) is 13.3. The van der Waals surface area contributed by atoms with Crippen molar-refractivity contribution in [2.75, 3.05) is 5.32 Å². The lowest BCUT2D eigenvalue weighted by molar-refractivity contribution is -0.137. The molecule has 2 aromatic rings. The third-order valence-electron chi connectivity index (χ3n) is 1.94. The molecular weight excluding hydrogens is 355 g/mol. The highest BCUT2D eigenvalue weighted by molar-refractivity contribution is 9.11. The summed E-state index contributed by atoms with van der Waals surface area (Å²) in [5.41, 5.74) is -0.645. The topological polar surface area (TPSA) is 37.8 Å².